The summed E-state index contributed by atoms with van der Waals surface area (Å²) in [4.78, 5) is 24.4. The van der Waals surface area contributed by atoms with Crippen LogP contribution in [-0.4, -0.2) is 22.3 Å². The van der Waals surface area contributed by atoms with Crippen LogP contribution in [0.25, 0.3) is 0 Å². The van der Waals surface area contributed by atoms with E-state index in [4.69, 9.17) is 0 Å². The SMILES string of the molecule is CCC(C)(CC)N1C(=O)CCC1=O. The van der Waals surface area contributed by atoms with Gasteiger partial charge in [0, 0.05) is 18.4 Å². The van der Waals surface area contributed by atoms with E-state index in [1.165, 1.54) is 4.90 Å². The second kappa shape index (κ2) is 3.48. The van der Waals surface area contributed by atoms with E-state index in [1.807, 2.05) is 20.8 Å². The fraction of sp³-hybridized carbons (Fsp3) is 0.800. The van der Waals surface area contributed by atoms with E-state index in [1.54, 1.807) is 0 Å². The van der Waals surface area contributed by atoms with Crippen molar-refractivity contribution in [2.24, 2.45) is 0 Å². The molecule has 0 radical (unpaired) electrons. The average Bonchev–Trinajstić information content (AvgIpc) is 2.46. The summed E-state index contributed by atoms with van der Waals surface area (Å²) in [7, 11) is 0. The van der Waals surface area contributed by atoms with Crippen LogP contribution in [0.2, 0.25) is 0 Å². The first-order valence-corrected chi connectivity index (χ1v) is 4.91. The molecule has 0 aromatic heterocycles. The number of carbonyl (C=O) groups is 2. The topological polar surface area (TPSA) is 37.4 Å². The van der Waals surface area contributed by atoms with E-state index in [2.05, 4.69) is 0 Å². The third-order valence-corrected chi connectivity index (χ3v) is 3.11. The summed E-state index contributed by atoms with van der Waals surface area (Å²) in [5.74, 6) is -0.00704. The molecule has 0 bridgehead atoms. The van der Waals surface area contributed by atoms with Crippen molar-refractivity contribution in [3.05, 3.63) is 0 Å². The molecule has 3 heteroatoms. The number of likely N-dealkylation sites (tertiary alicyclic amines) is 1. The molecule has 3 nitrogen and oxygen atoms in total. The molecule has 1 saturated heterocycles. The first-order valence-electron chi connectivity index (χ1n) is 4.91. The molecule has 0 saturated carbocycles. The number of nitrogens with zero attached hydrogens (tertiary/aromatic N) is 1. The molecule has 1 rings (SSSR count). The molecule has 0 aromatic rings. The number of amides is 2. The van der Waals surface area contributed by atoms with Gasteiger partial charge in [-0.2, -0.15) is 0 Å². The number of rotatable bonds is 3. The average molecular weight is 183 g/mol. The maximum Gasteiger partial charge on any atom is 0.230 e. The van der Waals surface area contributed by atoms with Gasteiger partial charge in [-0.3, -0.25) is 14.5 Å². The van der Waals surface area contributed by atoms with Crippen molar-refractivity contribution in [2.75, 3.05) is 0 Å². The second-order valence-corrected chi connectivity index (χ2v) is 3.83. The molecule has 1 fully saturated rings. The van der Waals surface area contributed by atoms with Gasteiger partial charge in [0.05, 0.1) is 0 Å². The van der Waals surface area contributed by atoms with Gasteiger partial charge in [-0.25, -0.2) is 0 Å². The molecule has 13 heavy (non-hydrogen) atoms. The lowest BCUT2D eigenvalue weighted by molar-refractivity contribution is -0.145. The predicted octanol–water partition coefficient (Wildman–Crippen LogP) is 1.71. The van der Waals surface area contributed by atoms with Gasteiger partial charge in [-0.15, -0.1) is 0 Å². The Kier molecular flexibility index (Phi) is 2.74. The quantitative estimate of drug-likeness (QED) is 0.625. The fourth-order valence-electron chi connectivity index (χ4n) is 1.74. The Morgan fingerprint density at radius 2 is 1.54 bits per heavy atom. The normalized spacial score (nSPS) is 18.5. The zero-order valence-corrected chi connectivity index (χ0v) is 8.59. The molecular weight excluding hydrogens is 166 g/mol. The lowest BCUT2D eigenvalue weighted by Crippen LogP contribution is -2.48. The standard InChI is InChI=1S/C10H17NO2/c1-4-10(3,5-2)11-8(12)6-7-9(11)13/h4-7H2,1-3H3. The molecule has 0 spiro atoms. The molecule has 0 aliphatic carbocycles. The minimum absolute atomic E-state index is 0.00352. The molecular formula is C10H17NO2. The first-order chi connectivity index (χ1) is 6.05. The fourth-order valence-corrected chi connectivity index (χ4v) is 1.74. The minimum Gasteiger partial charge on any atom is -0.277 e. The molecule has 0 unspecified atom stereocenters. The summed E-state index contributed by atoms with van der Waals surface area (Å²) in [6.45, 7) is 6.01. The highest BCUT2D eigenvalue weighted by Gasteiger charge is 2.40. The van der Waals surface area contributed by atoms with E-state index in [0.29, 0.717) is 12.8 Å². The van der Waals surface area contributed by atoms with Crippen LogP contribution in [0.4, 0.5) is 0 Å². The molecule has 0 atom stereocenters. The summed E-state index contributed by atoms with van der Waals surface area (Å²) in [6, 6.07) is 0. The van der Waals surface area contributed by atoms with Crippen LogP contribution >= 0.6 is 0 Å². The number of imide groups is 1. The monoisotopic (exact) mass is 183 g/mol. The van der Waals surface area contributed by atoms with Crippen LogP contribution in [0.5, 0.6) is 0 Å². The van der Waals surface area contributed by atoms with Gasteiger partial charge in [0.15, 0.2) is 0 Å². The molecule has 0 N–H and O–H groups in total. The smallest absolute Gasteiger partial charge is 0.230 e. The molecule has 1 aliphatic rings. The molecule has 74 valence electrons. The Balaban J connectivity index is 2.90. The second-order valence-electron chi connectivity index (χ2n) is 3.83. The van der Waals surface area contributed by atoms with Crippen molar-refractivity contribution in [3.63, 3.8) is 0 Å². The molecule has 0 aromatic carbocycles. The summed E-state index contributed by atoms with van der Waals surface area (Å²) in [5, 5.41) is 0. The highest BCUT2D eigenvalue weighted by atomic mass is 16.2. The Labute approximate surface area is 79.1 Å². The minimum atomic E-state index is -0.259. The van der Waals surface area contributed by atoms with E-state index < -0.39 is 0 Å². The lowest BCUT2D eigenvalue weighted by atomic mass is 9.93. The molecule has 1 heterocycles. The van der Waals surface area contributed by atoms with Crippen molar-refractivity contribution < 1.29 is 9.59 Å². The van der Waals surface area contributed by atoms with Crippen LogP contribution < -0.4 is 0 Å². The highest BCUT2D eigenvalue weighted by molar-refractivity contribution is 6.02. The van der Waals surface area contributed by atoms with Crippen molar-refractivity contribution in [3.8, 4) is 0 Å². The van der Waals surface area contributed by atoms with Crippen LogP contribution in [0.1, 0.15) is 46.5 Å². The summed E-state index contributed by atoms with van der Waals surface area (Å²) in [6.07, 6.45) is 2.46. The zero-order chi connectivity index (χ0) is 10.1. The van der Waals surface area contributed by atoms with Crippen molar-refractivity contribution in [2.45, 2.75) is 52.0 Å². The zero-order valence-electron chi connectivity index (χ0n) is 8.59. The van der Waals surface area contributed by atoms with Gasteiger partial charge in [0.2, 0.25) is 11.8 Å². The van der Waals surface area contributed by atoms with E-state index in [9.17, 15) is 9.59 Å². The maximum atomic E-state index is 11.5. The van der Waals surface area contributed by atoms with Gasteiger partial charge < -0.3 is 0 Å². The van der Waals surface area contributed by atoms with Gasteiger partial charge in [-0.05, 0) is 19.8 Å². The Bertz CT molecular complexity index is 215. The van der Waals surface area contributed by atoms with Crippen LogP contribution in [0.15, 0.2) is 0 Å². The van der Waals surface area contributed by atoms with Crippen LogP contribution in [-0.2, 0) is 9.59 Å². The predicted molar refractivity (Wildman–Crippen MR) is 50.1 cm³/mol. The van der Waals surface area contributed by atoms with Crippen LogP contribution in [0.3, 0.4) is 0 Å². The summed E-state index contributed by atoms with van der Waals surface area (Å²) in [5.41, 5.74) is -0.259. The first kappa shape index (κ1) is 10.2. The summed E-state index contributed by atoms with van der Waals surface area (Å²) < 4.78 is 0. The van der Waals surface area contributed by atoms with Crippen molar-refractivity contribution in [1.29, 1.82) is 0 Å². The number of carbonyl (C=O) groups excluding carboxylic acids is 2. The van der Waals surface area contributed by atoms with Gasteiger partial charge in [-0.1, -0.05) is 13.8 Å². The van der Waals surface area contributed by atoms with E-state index >= 15 is 0 Å². The summed E-state index contributed by atoms with van der Waals surface area (Å²) >= 11 is 0. The molecule has 2 amide bonds. The van der Waals surface area contributed by atoms with Crippen molar-refractivity contribution >= 4 is 11.8 Å². The number of hydrogen-bond donors (Lipinski definition) is 0. The van der Waals surface area contributed by atoms with Gasteiger partial charge in [0.1, 0.15) is 0 Å². The Morgan fingerprint density at radius 3 is 1.85 bits per heavy atom. The van der Waals surface area contributed by atoms with Gasteiger partial charge in [0.25, 0.3) is 0 Å². The Morgan fingerprint density at radius 1 is 1.15 bits per heavy atom. The maximum absolute atomic E-state index is 11.5. The van der Waals surface area contributed by atoms with Crippen molar-refractivity contribution in [1.82, 2.24) is 4.90 Å². The van der Waals surface area contributed by atoms with E-state index in [-0.39, 0.29) is 17.4 Å². The number of hydrogen-bond acceptors (Lipinski definition) is 2. The van der Waals surface area contributed by atoms with E-state index in [0.717, 1.165) is 12.8 Å². The van der Waals surface area contributed by atoms with Crippen LogP contribution in [0, 0.1) is 0 Å². The lowest BCUT2D eigenvalue weighted by Gasteiger charge is -2.35. The highest BCUT2D eigenvalue weighted by Crippen LogP contribution is 2.28. The Hall–Kier alpha value is -0.860. The largest absolute Gasteiger partial charge is 0.277 e. The van der Waals surface area contributed by atoms with Gasteiger partial charge >= 0.3 is 0 Å². The third kappa shape index (κ3) is 1.60. The third-order valence-electron chi connectivity index (χ3n) is 3.11. The molecule has 1 aliphatic heterocycles.